The Labute approximate surface area is 147 Å². The molecule has 1 aliphatic carbocycles. The van der Waals surface area contributed by atoms with Crippen molar-refractivity contribution in [2.45, 2.75) is 51.4 Å². The van der Waals surface area contributed by atoms with Gasteiger partial charge >= 0.3 is 0 Å². The van der Waals surface area contributed by atoms with Crippen LogP contribution in [0.4, 0.5) is 10.3 Å². The summed E-state index contributed by atoms with van der Waals surface area (Å²) in [6, 6.07) is 0. The first-order valence-corrected chi connectivity index (χ1v) is 9.36. The summed E-state index contributed by atoms with van der Waals surface area (Å²) in [5.41, 5.74) is 0. The van der Waals surface area contributed by atoms with Crippen molar-refractivity contribution in [3.63, 3.8) is 0 Å². The molecule has 0 bridgehead atoms. The molecule has 10 heteroatoms. The summed E-state index contributed by atoms with van der Waals surface area (Å²) >= 11 is 2.87. The number of carbonyl (C=O) groups is 2. The molecule has 0 unspecified atom stereocenters. The molecule has 2 heterocycles. The highest BCUT2D eigenvalue weighted by Gasteiger charge is 2.29. The van der Waals surface area contributed by atoms with E-state index in [0.29, 0.717) is 22.1 Å². The Hall–Kier alpha value is -1.94. The van der Waals surface area contributed by atoms with E-state index >= 15 is 0 Å². The van der Waals surface area contributed by atoms with Crippen LogP contribution < -0.4 is 10.6 Å². The van der Waals surface area contributed by atoms with Crippen LogP contribution in [0.25, 0.3) is 0 Å². The van der Waals surface area contributed by atoms with Gasteiger partial charge in [-0.3, -0.25) is 9.59 Å². The van der Waals surface area contributed by atoms with Crippen molar-refractivity contribution >= 4 is 44.8 Å². The Morgan fingerprint density at radius 3 is 1.75 bits per heavy atom. The largest absolute Gasteiger partial charge is 0.301 e. The fourth-order valence-electron chi connectivity index (χ4n) is 2.84. The molecule has 0 aromatic carbocycles. The van der Waals surface area contributed by atoms with Gasteiger partial charge in [-0.2, -0.15) is 0 Å². The van der Waals surface area contributed by atoms with E-state index in [0.717, 1.165) is 35.7 Å². The van der Waals surface area contributed by atoms with E-state index in [-0.39, 0.29) is 11.8 Å². The van der Waals surface area contributed by atoms with Crippen molar-refractivity contribution in [2.24, 2.45) is 0 Å². The first-order chi connectivity index (χ1) is 11.5. The van der Waals surface area contributed by atoms with Crippen LogP contribution in [0, 0.1) is 0 Å². The molecule has 0 saturated heterocycles. The van der Waals surface area contributed by atoms with Crippen LogP contribution in [0.15, 0.2) is 0 Å². The molecule has 2 N–H and O–H groups in total. The van der Waals surface area contributed by atoms with E-state index in [1.807, 2.05) is 0 Å². The zero-order valence-electron chi connectivity index (χ0n) is 13.4. The zero-order valence-corrected chi connectivity index (χ0v) is 15.0. The molecule has 0 aliphatic heterocycles. The summed E-state index contributed by atoms with van der Waals surface area (Å²) in [5.74, 6) is 0.353. The molecule has 1 saturated carbocycles. The number of carbonyl (C=O) groups excluding carboxylic acids is 2. The predicted molar refractivity (Wildman–Crippen MR) is 92.4 cm³/mol. The Bertz CT molecular complexity index is 683. The first kappa shape index (κ1) is 16.9. The number of rotatable bonds is 4. The average molecular weight is 366 g/mol. The number of anilines is 2. The lowest BCUT2D eigenvalue weighted by Crippen LogP contribution is -2.12. The highest BCUT2D eigenvalue weighted by molar-refractivity contribution is 7.15. The minimum Gasteiger partial charge on any atom is -0.301 e. The van der Waals surface area contributed by atoms with E-state index in [4.69, 9.17) is 0 Å². The zero-order chi connectivity index (χ0) is 17.1. The van der Waals surface area contributed by atoms with Crippen LogP contribution in [0.3, 0.4) is 0 Å². The predicted octanol–water partition coefficient (Wildman–Crippen LogP) is 2.75. The van der Waals surface area contributed by atoms with E-state index in [2.05, 4.69) is 31.0 Å². The Morgan fingerprint density at radius 2 is 1.33 bits per heavy atom. The summed E-state index contributed by atoms with van der Waals surface area (Å²) < 4.78 is 0. The molecule has 0 spiro atoms. The van der Waals surface area contributed by atoms with Crippen molar-refractivity contribution in [1.82, 2.24) is 20.4 Å². The molecule has 24 heavy (non-hydrogen) atoms. The van der Waals surface area contributed by atoms with Crippen molar-refractivity contribution in [2.75, 3.05) is 10.6 Å². The van der Waals surface area contributed by atoms with Crippen molar-refractivity contribution in [3.8, 4) is 0 Å². The standard InChI is InChI=1S/C14H18N6O2S2/c1-7(21)15-13-19-17-11(23-13)9-4-3-5-10(6-9)12-18-20-14(24-12)16-8(2)22/h9-10H,3-6H2,1-2H3,(H,15,19,21)(H,16,20,22)/t9-,10-/m1/s1. The number of aromatic nitrogens is 4. The lowest BCUT2D eigenvalue weighted by molar-refractivity contribution is -0.115. The van der Waals surface area contributed by atoms with Gasteiger partial charge < -0.3 is 10.6 Å². The van der Waals surface area contributed by atoms with Gasteiger partial charge in [0.1, 0.15) is 10.0 Å². The van der Waals surface area contributed by atoms with Gasteiger partial charge in [0.2, 0.25) is 22.1 Å². The normalized spacial score (nSPS) is 20.6. The van der Waals surface area contributed by atoms with Crippen LogP contribution in [-0.4, -0.2) is 32.2 Å². The summed E-state index contributed by atoms with van der Waals surface area (Å²) in [4.78, 5) is 22.2. The van der Waals surface area contributed by atoms with Crippen molar-refractivity contribution < 1.29 is 9.59 Å². The van der Waals surface area contributed by atoms with Gasteiger partial charge in [0, 0.05) is 25.7 Å². The molecule has 3 rings (SSSR count). The number of nitrogens with zero attached hydrogens (tertiary/aromatic N) is 4. The highest BCUT2D eigenvalue weighted by atomic mass is 32.1. The monoisotopic (exact) mass is 366 g/mol. The third-order valence-corrected chi connectivity index (χ3v) is 5.82. The molecule has 2 amide bonds. The molecule has 8 nitrogen and oxygen atoms in total. The maximum atomic E-state index is 11.1. The molecule has 1 aliphatic rings. The quantitative estimate of drug-likeness (QED) is 0.861. The topological polar surface area (TPSA) is 110 Å². The second-order valence-corrected chi connectivity index (χ2v) is 7.83. The molecule has 2 aromatic heterocycles. The number of nitrogens with one attached hydrogen (secondary N) is 2. The summed E-state index contributed by atoms with van der Waals surface area (Å²) in [6.45, 7) is 2.92. The van der Waals surface area contributed by atoms with E-state index in [1.54, 1.807) is 0 Å². The summed E-state index contributed by atoms with van der Waals surface area (Å²) in [5, 5.41) is 24.9. The second kappa shape index (κ2) is 7.31. The smallest absolute Gasteiger partial charge is 0.223 e. The second-order valence-electron chi connectivity index (χ2n) is 5.81. The third kappa shape index (κ3) is 4.12. The molecule has 2 atom stereocenters. The summed E-state index contributed by atoms with van der Waals surface area (Å²) in [7, 11) is 0. The van der Waals surface area contributed by atoms with Gasteiger partial charge in [0.05, 0.1) is 0 Å². The molecule has 0 radical (unpaired) electrons. The van der Waals surface area contributed by atoms with Gasteiger partial charge in [-0.15, -0.1) is 20.4 Å². The molecular formula is C14H18N6O2S2. The highest BCUT2D eigenvalue weighted by Crippen LogP contribution is 2.43. The van der Waals surface area contributed by atoms with Crippen molar-refractivity contribution in [1.29, 1.82) is 0 Å². The van der Waals surface area contributed by atoms with E-state index < -0.39 is 0 Å². The van der Waals surface area contributed by atoms with Gasteiger partial charge in [-0.25, -0.2) is 0 Å². The van der Waals surface area contributed by atoms with Crippen LogP contribution in [0.5, 0.6) is 0 Å². The SMILES string of the molecule is CC(=O)Nc1nnc([C@@H]2CCC[C@@H](c3nnc(NC(C)=O)s3)C2)s1. The number of amides is 2. The van der Waals surface area contributed by atoms with Crippen LogP contribution in [-0.2, 0) is 9.59 Å². The fourth-order valence-corrected chi connectivity index (χ4v) is 4.71. The lowest BCUT2D eigenvalue weighted by Gasteiger charge is -2.25. The Kier molecular flexibility index (Phi) is 5.14. The Morgan fingerprint density at radius 1 is 0.875 bits per heavy atom. The maximum absolute atomic E-state index is 11.1. The third-order valence-electron chi connectivity index (χ3n) is 3.82. The van der Waals surface area contributed by atoms with Crippen molar-refractivity contribution in [3.05, 3.63) is 10.0 Å². The van der Waals surface area contributed by atoms with E-state index in [1.165, 1.54) is 36.5 Å². The average Bonchev–Trinajstić information content (AvgIpc) is 3.16. The molecule has 1 fully saturated rings. The van der Waals surface area contributed by atoms with Crippen LogP contribution >= 0.6 is 22.7 Å². The van der Waals surface area contributed by atoms with Crippen LogP contribution in [0.2, 0.25) is 0 Å². The van der Waals surface area contributed by atoms with Crippen LogP contribution in [0.1, 0.15) is 61.4 Å². The minimum absolute atomic E-state index is 0.140. The number of hydrogen-bond donors (Lipinski definition) is 2. The first-order valence-electron chi connectivity index (χ1n) is 7.73. The molecular weight excluding hydrogens is 348 g/mol. The minimum atomic E-state index is -0.140. The fraction of sp³-hybridized carbons (Fsp3) is 0.571. The Balaban J connectivity index is 1.67. The summed E-state index contributed by atoms with van der Waals surface area (Å²) in [6.07, 6.45) is 4.13. The van der Waals surface area contributed by atoms with Gasteiger partial charge in [0.25, 0.3) is 0 Å². The van der Waals surface area contributed by atoms with E-state index in [9.17, 15) is 9.59 Å². The maximum Gasteiger partial charge on any atom is 0.223 e. The van der Waals surface area contributed by atoms with Gasteiger partial charge in [-0.05, 0) is 19.3 Å². The lowest BCUT2D eigenvalue weighted by atomic mass is 9.82. The number of hydrogen-bond acceptors (Lipinski definition) is 8. The molecule has 128 valence electrons. The van der Waals surface area contributed by atoms with Gasteiger partial charge in [-0.1, -0.05) is 29.1 Å². The molecule has 2 aromatic rings. The van der Waals surface area contributed by atoms with Gasteiger partial charge in [0.15, 0.2) is 0 Å².